The standard InChI is InChI=1S/C14H15N3O3/c1-11-2-4-13(12(16-11)3-5-14(18)19)20-9-8-17-7-6-15-10-17/h2-7,10H,8-9H2,1H3,(H,18,19). The van der Waals surface area contributed by atoms with Crippen LogP contribution >= 0.6 is 0 Å². The smallest absolute Gasteiger partial charge is 0.328 e. The van der Waals surface area contributed by atoms with Gasteiger partial charge in [-0.2, -0.15) is 0 Å². The number of aromatic nitrogens is 3. The number of carbonyl (C=O) groups is 1. The van der Waals surface area contributed by atoms with Gasteiger partial charge >= 0.3 is 5.97 Å². The van der Waals surface area contributed by atoms with Crippen LogP contribution in [0.3, 0.4) is 0 Å². The number of hydrogen-bond donors (Lipinski definition) is 1. The van der Waals surface area contributed by atoms with E-state index in [4.69, 9.17) is 9.84 Å². The highest BCUT2D eigenvalue weighted by Gasteiger charge is 2.04. The van der Waals surface area contributed by atoms with E-state index in [1.165, 1.54) is 6.08 Å². The Morgan fingerprint density at radius 1 is 1.50 bits per heavy atom. The van der Waals surface area contributed by atoms with Crippen molar-refractivity contribution in [3.63, 3.8) is 0 Å². The molecule has 0 aliphatic rings. The van der Waals surface area contributed by atoms with Crippen LogP contribution in [0.2, 0.25) is 0 Å². The summed E-state index contributed by atoms with van der Waals surface area (Å²) in [5, 5.41) is 8.67. The average Bonchev–Trinajstić information content (AvgIpc) is 2.91. The summed E-state index contributed by atoms with van der Waals surface area (Å²) in [5.41, 5.74) is 1.31. The summed E-state index contributed by atoms with van der Waals surface area (Å²) in [6.07, 6.45) is 7.74. The van der Waals surface area contributed by atoms with Gasteiger partial charge in [-0.15, -0.1) is 0 Å². The first-order valence-electron chi connectivity index (χ1n) is 6.12. The fourth-order valence-corrected chi connectivity index (χ4v) is 1.64. The van der Waals surface area contributed by atoms with Crippen LogP contribution in [0.25, 0.3) is 6.08 Å². The topological polar surface area (TPSA) is 77.2 Å². The lowest BCUT2D eigenvalue weighted by Crippen LogP contribution is -2.07. The van der Waals surface area contributed by atoms with Crippen LogP contribution in [0.4, 0.5) is 0 Å². The average molecular weight is 273 g/mol. The summed E-state index contributed by atoms with van der Waals surface area (Å²) in [5.74, 6) is -0.453. The molecule has 2 rings (SSSR count). The fourth-order valence-electron chi connectivity index (χ4n) is 1.64. The van der Waals surface area contributed by atoms with Crippen LogP contribution < -0.4 is 4.74 Å². The van der Waals surface area contributed by atoms with Crippen LogP contribution in [-0.4, -0.2) is 32.2 Å². The highest BCUT2D eigenvalue weighted by molar-refractivity contribution is 5.85. The summed E-state index contributed by atoms with van der Waals surface area (Å²) < 4.78 is 7.54. The molecule has 2 aromatic rings. The van der Waals surface area contributed by atoms with E-state index in [9.17, 15) is 4.79 Å². The summed E-state index contributed by atoms with van der Waals surface area (Å²) >= 11 is 0. The van der Waals surface area contributed by atoms with Crippen molar-refractivity contribution in [1.29, 1.82) is 0 Å². The number of nitrogens with zero attached hydrogens (tertiary/aromatic N) is 3. The zero-order valence-corrected chi connectivity index (χ0v) is 11.1. The van der Waals surface area contributed by atoms with Crippen LogP contribution in [0.15, 0.2) is 36.9 Å². The summed E-state index contributed by atoms with van der Waals surface area (Å²) in [4.78, 5) is 18.8. The highest BCUT2D eigenvalue weighted by Crippen LogP contribution is 2.18. The molecule has 1 N–H and O–H groups in total. The molecule has 2 heterocycles. The number of rotatable bonds is 6. The summed E-state index contributed by atoms with van der Waals surface area (Å²) in [6, 6.07) is 3.61. The Bertz CT molecular complexity index is 606. The maximum atomic E-state index is 10.6. The quantitative estimate of drug-likeness (QED) is 0.811. The number of aryl methyl sites for hydroxylation is 1. The Kier molecular flexibility index (Phi) is 4.49. The van der Waals surface area contributed by atoms with Gasteiger partial charge < -0.3 is 14.4 Å². The van der Waals surface area contributed by atoms with Crippen molar-refractivity contribution in [3.8, 4) is 5.75 Å². The molecule has 0 unspecified atom stereocenters. The van der Waals surface area contributed by atoms with Gasteiger partial charge in [-0.3, -0.25) is 0 Å². The van der Waals surface area contributed by atoms with E-state index in [1.807, 2.05) is 23.8 Å². The van der Waals surface area contributed by atoms with Gasteiger partial charge in [0.1, 0.15) is 18.1 Å². The van der Waals surface area contributed by atoms with Gasteiger partial charge in [-0.25, -0.2) is 14.8 Å². The SMILES string of the molecule is Cc1ccc(OCCn2ccnc2)c(C=CC(=O)O)n1. The third kappa shape index (κ3) is 3.94. The number of aliphatic carboxylic acids is 1. The molecule has 0 fully saturated rings. The first-order chi connectivity index (χ1) is 9.65. The predicted octanol–water partition coefficient (Wildman–Crippen LogP) is 1.76. The van der Waals surface area contributed by atoms with Crippen molar-refractivity contribution >= 4 is 12.0 Å². The molecule has 2 aromatic heterocycles. The molecule has 0 saturated heterocycles. The molecule has 104 valence electrons. The fraction of sp³-hybridized carbons (Fsp3) is 0.214. The molecule has 0 spiro atoms. The van der Waals surface area contributed by atoms with Crippen LogP contribution in [0, 0.1) is 6.92 Å². The lowest BCUT2D eigenvalue weighted by Gasteiger charge is -2.09. The molecule has 0 aliphatic heterocycles. The van der Waals surface area contributed by atoms with E-state index >= 15 is 0 Å². The highest BCUT2D eigenvalue weighted by atomic mass is 16.5. The Morgan fingerprint density at radius 2 is 2.35 bits per heavy atom. The maximum absolute atomic E-state index is 10.6. The van der Waals surface area contributed by atoms with Gasteiger partial charge in [0.25, 0.3) is 0 Å². The summed E-state index contributed by atoms with van der Waals surface area (Å²) in [6.45, 7) is 2.96. The molecule has 6 heteroatoms. The van der Waals surface area contributed by atoms with E-state index in [0.717, 1.165) is 11.8 Å². The Labute approximate surface area is 116 Å². The van der Waals surface area contributed by atoms with Gasteiger partial charge in [0.05, 0.1) is 12.9 Å². The first-order valence-corrected chi connectivity index (χ1v) is 6.12. The van der Waals surface area contributed by atoms with Crippen molar-refractivity contribution in [2.24, 2.45) is 0 Å². The minimum absolute atomic E-state index is 0.453. The zero-order chi connectivity index (χ0) is 14.4. The molecular weight excluding hydrogens is 258 g/mol. The predicted molar refractivity (Wildman–Crippen MR) is 73.4 cm³/mol. The normalized spacial score (nSPS) is 10.8. The summed E-state index contributed by atoms with van der Waals surface area (Å²) in [7, 11) is 0. The number of hydrogen-bond acceptors (Lipinski definition) is 4. The number of ether oxygens (including phenoxy) is 1. The number of carboxylic acids is 1. The molecule has 20 heavy (non-hydrogen) atoms. The third-order valence-electron chi connectivity index (χ3n) is 2.58. The van der Waals surface area contributed by atoms with Crippen molar-refractivity contribution in [3.05, 3.63) is 48.3 Å². The van der Waals surface area contributed by atoms with Gasteiger partial charge in [0, 0.05) is 24.2 Å². The Morgan fingerprint density at radius 3 is 3.05 bits per heavy atom. The Balaban J connectivity index is 2.04. The zero-order valence-electron chi connectivity index (χ0n) is 11.1. The number of imidazole rings is 1. The molecule has 0 bridgehead atoms. The lowest BCUT2D eigenvalue weighted by atomic mass is 10.2. The second-order valence-corrected chi connectivity index (χ2v) is 4.16. The maximum Gasteiger partial charge on any atom is 0.328 e. The molecule has 0 saturated carbocycles. The second-order valence-electron chi connectivity index (χ2n) is 4.16. The van der Waals surface area contributed by atoms with Crippen LogP contribution in [0.1, 0.15) is 11.4 Å². The molecule has 6 nitrogen and oxygen atoms in total. The minimum Gasteiger partial charge on any atom is -0.489 e. The molecule has 0 aromatic carbocycles. The third-order valence-corrected chi connectivity index (χ3v) is 2.58. The van der Waals surface area contributed by atoms with Crippen molar-refractivity contribution < 1.29 is 14.6 Å². The Hall–Kier alpha value is -2.63. The lowest BCUT2D eigenvalue weighted by molar-refractivity contribution is -0.131. The molecule has 0 aliphatic carbocycles. The molecule has 0 radical (unpaired) electrons. The van der Waals surface area contributed by atoms with Crippen LogP contribution in [0.5, 0.6) is 5.75 Å². The second kappa shape index (κ2) is 6.51. The van der Waals surface area contributed by atoms with Crippen molar-refractivity contribution in [1.82, 2.24) is 14.5 Å². The minimum atomic E-state index is -1.02. The largest absolute Gasteiger partial charge is 0.489 e. The van der Waals surface area contributed by atoms with Gasteiger partial charge in [0.15, 0.2) is 0 Å². The van der Waals surface area contributed by atoms with E-state index in [-0.39, 0.29) is 0 Å². The van der Waals surface area contributed by atoms with Crippen molar-refractivity contribution in [2.45, 2.75) is 13.5 Å². The van der Waals surface area contributed by atoms with E-state index < -0.39 is 5.97 Å². The monoisotopic (exact) mass is 273 g/mol. The van der Waals surface area contributed by atoms with E-state index in [1.54, 1.807) is 18.6 Å². The van der Waals surface area contributed by atoms with E-state index in [0.29, 0.717) is 24.6 Å². The van der Waals surface area contributed by atoms with Gasteiger partial charge in [0.2, 0.25) is 0 Å². The molecular formula is C14H15N3O3. The molecule has 0 amide bonds. The first kappa shape index (κ1) is 13.8. The molecule has 0 atom stereocenters. The van der Waals surface area contributed by atoms with E-state index in [2.05, 4.69) is 9.97 Å². The number of pyridine rings is 1. The van der Waals surface area contributed by atoms with Crippen molar-refractivity contribution in [2.75, 3.05) is 6.61 Å². The van der Waals surface area contributed by atoms with Crippen LogP contribution in [-0.2, 0) is 11.3 Å². The van der Waals surface area contributed by atoms with Gasteiger partial charge in [-0.05, 0) is 25.1 Å². The van der Waals surface area contributed by atoms with Gasteiger partial charge in [-0.1, -0.05) is 0 Å². The number of carboxylic acid groups (broad SMARTS) is 1.